The molecule has 0 bridgehead atoms. The monoisotopic (exact) mass is 217 g/mol. The highest BCUT2D eigenvalue weighted by atomic mass is 16.4. The van der Waals surface area contributed by atoms with Crippen LogP contribution in [0, 0.1) is 0 Å². The fourth-order valence-corrected chi connectivity index (χ4v) is 1.47. The lowest BCUT2D eigenvalue weighted by Gasteiger charge is -2.20. The molecule has 0 fully saturated rings. The first kappa shape index (κ1) is 14.4. The minimum absolute atomic E-state index is 0.178. The molecule has 0 heterocycles. The highest BCUT2D eigenvalue weighted by Gasteiger charge is 2.06. The van der Waals surface area contributed by atoms with Crippen molar-refractivity contribution in [3.63, 3.8) is 0 Å². The number of carboxylic acids is 1. The van der Waals surface area contributed by atoms with Crippen LogP contribution in [0.2, 0.25) is 0 Å². The van der Waals surface area contributed by atoms with E-state index in [9.17, 15) is 4.79 Å². The topological polar surface area (TPSA) is 60.8 Å². The number of hydrogen-bond acceptors (Lipinski definition) is 3. The van der Waals surface area contributed by atoms with E-state index < -0.39 is 5.97 Å². The van der Waals surface area contributed by atoms with Crippen molar-refractivity contribution >= 4 is 5.97 Å². The molecule has 0 aliphatic rings. The van der Waals surface area contributed by atoms with Gasteiger partial charge in [0.2, 0.25) is 0 Å². The van der Waals surface area contributed by atoms with E-state index in [-0.39, 0.29) is 13.0 Å². The molecule has 0 unspecified atom stereocenters. The molecule has 0 spiro atoms. The maximum absolute atomic E-state index is 10.4. The SMILES string of the molecule is CCCCCN(CCCO)CCC(=O)O. The van der Waals surface area contributed by atoms with Crippen molar-refractivity contribution in [1.82, 2.24) is 4.90 Å². The first-order valence-corrected chi connectivity index (χ1v) is 5.75. The molecule has 0 aromatic heterocycles. The summed E-state index contributed by atoms with van der Waals surface area (Å²) in [4.78, 5) is 12.6. The molecule has 0 radical (unpaired) electrons. The van der Waals surface area contributed by atoms with E-state index in [0.29, 0.717) is 6.54 Å². The fourth-order valence-electron chi connectivity index (χ4n) is 1.47. The van der Waals surface area contributed by atoms with Crippen LogP contribution in [0.5, 0.6) is 0 Å². The van der Waals surface area contributed by atoms with Gasteiger partial charge in [-0.3, -0.25) is 4.79 Å². The molecule has 0 aromatic rings. The van der Waals surface area contributed by atoms with Crippen molar-refractivity contribution in [2.24, 2.45) is 0 Å². The smallest absolute Gasteiger partial charge is 0.304 e. The molecule has 0 atom stereocenters. The van der Waals surface area contributed by atoms with Crippen LogP contribution in [0.3, 0.4) is 0 Å². The van der Waals surface area contributed by atoms with Crippen LogP contribution in [0.25, 0.3) is 0 Å². The van der Waals surface area contributed by atoms with Crippen molar-refractivity contribution in [2.45, 2.75) is 39.0 Å². The molecule has 0 aliphatic carbocycles. The van der Waals surface area contributed by atoms with E-state index in [2.05, 4.69) is 11.8 Å². The first-order chi connectivity index (χ1) is 7.20. The van der Waals surface area contributed by atoms with E-state index in [1.807, 2.05) is 0 Å². The average Bonchev–Trinajstić information content (AvgIpc) is 2.21. The Morgan fingerprint density at radius 2 is 1.80 bits per heavy atom. The van der Waals surface area contributed by atoms with Crippen LogP contribution in [-0.4, -0.2) is 47.3 Å². The minimum atomic E-state index is -0.750. The Kier molecular flexibility index (Phi) is 9.52. The third kappa shape index (κ3) is 9.69. The van der Waals surface area contributed by atoms with Gasteiger partial charge in [0.25, 0.3) is 0 Å². The van der Waals surface area contributed by atoms with Gasteiger partial charge in [0.05, 0.1) is 6.42 Å². The molecule has 0 saturated heterocycles. The van der Waals surface area contributed by atoms with Gasteiger partial charge in [-0.2, -0.15) is 0 Å². The Morgan fingerprint density at radius 3 is 2.33 bits per heavy atom. The Labute approximate surface area is 91.9 Å². The van der Waals surface area contributed by atoms with Crippen molar-refractivity contribution < 1.29 is 15.0 Å². The van der Waals surface area contributed by atoms with Gasteiger partial charge in [0, 0.05) is 19.7 Å². The third-order valence-electron chi connectivity index (χ3n) is 2.35. The molecule has 4 nitrogen and oxygen atoms in total. The summed E-state index contributed by atoms with van der Waals surface area (Å²) in [5.41, 5.74) is 0. The van der Waals surface area contributed by atoms with E-state index in [1.165, 1.54) is 12.8 Å². The molecule has 15 heavy (non-hydrogen) atoms. The van der Waals surface area contributed by atoms with Crippen LogP contribution in [0.1, 0.15) is 39.0 Å². The molecule has 0 saturated carbocycles. The van der Waals surface area contributed by atoms with E-state index in [1.54, 1.807) is 0 Å². The van der Waals surface area contributed by atoms with Gasteiger partial charge in [0.1, 0.15) is 0 Å². The number of nitrogens with zero attached hydrogens (tertiary/aromatic N) is 1. The summed E-state index contributed by atoms with van der Waals surface area (Å²) in [5, 5.41) is 17.3. The Hall–Kier alpha value is -0.610. The van der Waals surface area contributed by atoms with E-state index >= 15 is 0 Å². The van der Waals surface area contributed by atoms with Gasteiger partial charge in [-0.25, -0.2) is 0 Å². The second-order valence-electron chi connectivity index (χ2n) is 3.77. The zero-order chi connectivity index (χ0) is 11.5. The second-order valence-corrected chi connectivity index (χ2v) is 3.77. The Bertz CT molecular complexity index is 162. The van der Waals surface area contributed by atoms with Gasteiger partial charge >= 0.3 is 5.97 Å². The molecule has 0 rings (SSSR count). The highest BCUT2D eigenvalue weighted by molar-refractivity contribution is 5.66. The number of hydrogen-bond donors (Lipinski definition) is 2. The predicted octanol–water partition coefficient (Wildman–Crippen LogP) is 1.34. The standard InChI is InChI=1S/C11H23NO3/c1-2-3-4-7-12(8-5-10-13)9-6-11(14)15/h13H,2-10H2,1H3,(H,14,15). The third-order valence-corrected chi connectivity index (χ3v) is 2.35. The second kappa shape index (κ2) is 9.93. The number of unbranched alkanes of at least 4 members (excludes halogenated alkanes) is 2. The van der Waals surface area contributed by atoms with Crippen LogP contribution >= 0.6 is 0 Å². The van der Waals surface area contributed by atoms with Gasteiger partial charge in [-0.15, -0.1) is 0 Å². The minimum Gasteiger partial charge on any atom is -0.481 e. The van der Waals surface area contributed by atoms with Crippen molar-refractivity contribution in [1.29, 1.82) is 0 Å². The summed E-state index contributed by atoms with van der Waals surface area (Å²) >= 11 is 0. The highest BCUT2D eigenvalue weighted by Crippen LogP contribution is 2.00. The predicted molar refractivity (Wildman–Crippen MR) is 59.9 cm³/mol. The molecule has 0 aromatic carbocycles. The quantitative estimate of drug-likeness (QED) is 0.542. The first-order valence-electron chi connectivity index (χ1n) is 5.75. The summed E-state index contributed by atoms with van der Waals surface area (Å²) < 4.78 is 0. The lowest BCUT2D eigenvalue weighted by atomic mass is 10.2. The number of aliphatic hydroxyl groups excluding tert-OH is 1. The van der Waals surface area contributed by atoms with Crippen molar-refractivity contribution in [3.05, 3.63) is 0 Å². The summed E-state index contributed by atoms with van der Waals surface area (Å²) in [6.45, 7) is 4.67. The summed E-state index contributed by atoms with van der Waals surface area (Å²) in [6, 6.07) is 0. The maximum Gasteiger partial charge on any atom is 0.304 e. The molecule has 0 aliphatic heterocycles. The Balaban J connectivity index is 3.67. The largest absolute Gasteiger partial charge is 0.481 e. The fraction of sp³-hybridized carbons (Fsp3) is 0.909. The van der Waals surface area contributed by atoms with E-state index in [0.717, 1.165) is 25.9 Å². The summed E-state index contributed by atoms with van der Waals surface area (Å²) in [7, 11) is 0. The van der Waals surface area contributed by atoms with Crippen LogP contribution in [0.4, 0.5) is 0 Å². The van der Waals surface area contributed by atoms with Crippen molar-refractivity contribution in [2.75, 3.05) is 26.2 Å². The van der Waals surface area contributed by atoms with Gasteiger partial charge in [0.15, 0.2) is 0 Å². The molecule has 0 amide bonds. The van der Waals surface area contributed by atoms with Crippen LogP contribution in [0.15, 0.2) is 0 Å². The summed E-state index contributed by atoms with van der Waals surface area (Å²) in [5.74, 6) is -0.750. The van der Waals surface area contributed by atoms with Crippen LogP contribution < -0.4 is 0 Å². The van der Waals surface area contributed by atoms with Crippen LogP contribution in [-0.2, 0) is 4.79 Å². The maximum atomic E-state index is 10.4. The number of aliphatic hydroxyl groups is 1. The number of aliphatic carboxylic acids is 1. The summed E-state index contributed by atoms with van der Waals surface area (Å²) in [6.07, 6.45) is 4.39. The molecule has 2 N–H and O–H groups in total. The van der Waals surface area contributed by atoms with Crippen molar-refractivity contribution in [3.8, 4) is 0 Å². The lowest BCUT2D eigenvalue weighted by molar-refractivity contribution is -0.137. The van der Waals surface area contributed by atoms with E-state index in [4.69, 9.17) is 10.2 Å². The molecular formula is C11H23NO3. The normalized spacial score (nSPS) is 10.9. The molecule has 90 valence electrons. The van der Waals surface area contributed by atoms with Gasteiger partial charge in [-0.05, 0) is 19.4 Å². The Morgan fingerprint density at radius 1 is 1.13 bits per heavy atom. The number of carbonyl (C=O) groups is 1. The number of carboxylic acid groups (broad SMARTS) is 1. The number of rotatable bonds is 10. The zero-order valence-corrected chi connectivity index (χ0v) is 9.61. The average molecular weight is 217 g/mol. The van der Waals surface area contributed by atoms with Gasteiger partial charge < -0.3 is 15.1 Å². The van der Waals surface area contributed by atoms with Gasteiger partial charge in [-0.1, -0.05) is 19.8 Å². The molecular weight excluding hydrogens is 194 g/mol. The lowest BCUT2D eigenvalue weighted by Crippen LogP contribution is -2.29. The molecule has 4 heteroatoms. The zero-order valence-electron chi connectivity index (χ0n) is 9.61.